The fraction of sp³-hybridized carbons (Fsp3) is 0.353. The number of ketones is 1. The van der Waals surface area contributed by atoms with Crippen molar-refractivity contribution >= 4 is 11.9 Å². The lowest BCUT2D eigenvalue weighted by Gasteiger charge is -2.24. The Balaban J connectivity index is 2.39. The van der Waals surface area contributed by atoms with Crippen LogP contribution in [0, 0.1) is 5.92 Å². The minimum atomic E-state index is 0.248. The van der Waals surface area contributed by atoms with E-state index in [2.05, 4.69) is 13.0 Å². The van der Waals surface area contributed by atoms with E-state index in [-0.39, 0.29) is 5.78 Å². The predicted octanol–water partition coefficient (Wildman–Crippen LogP) is 4.41. The number of benzene rings is 1. The maximum Gasteiger partial charge on any atom is 0.185 e. The number of allylic oxidation sites excluding steroid dienone is 3. The van der Waals surface area contributed by atoms with Crippen molar-refractivity contribution in [3.8, 4) is 0 Å². The number of carbonyl (C=O) groups is 1. The smallest absolute Gasteiger partial charge is 0.185 e. The molecule has 1 atom stereocenters. The lowest BCUT2D eigenvalue weighted by atomic mass is 9.79. The number of rotatable bonds is 1. The first-order chi connectivity index (χ1) is 8.59. The average Bonchev–Trinajstić information content (AvgIpc) is 2.35. The van der Waals surface area contributed by atoms with Crippen molar-refractivity contribution in [3.05, 3.63) is 52.6 Å². The fourth-order valence-electron chi connectivity index (χ4n) is 2.44. The van der Waals surface area contributed by atoms with E-state index in [0.717, 1.165) is 35.1 Å². The molecule has 0 saturated heterocycles. The summed E-state index contributed by atoms with van der Waals surface area (Å²) >= 11 is 0. The van der Waals surface area contributed by atoms with Crippen LogP contribution in [0.3, 0.4) is 0 Å². The Kier molecular flexibility index (Phi) is 3.81. The third-order valence-corrected chi connectivity index (χ3v) is 3.62. The summed E-state index contributed by atoms with van der Waals surface area (Å²) in [6, 6.07) is 10.1. The van der Waals surface area contributed by atoms with Crippen LogP contribution in [0.4, 0.5) is 0 Å². The molecule has 0 N–H and O–H groups in total. The Labute approximate surface area is 109 Å². The topological polar surface area (TPSA) is 17.1 Å². The van der Waals surface area contributed by atoms with E-state index >= 15 is 0 Å². The highest BCUT2D eigenvalue weighted by atomic mass is 16.1. The van der Waals surface area contributed by atoms with E-state index in [9.17, 15) is 4.79 Å². The molecule has 1 aromatic carbocycles. The molecule has 0 heterocycles. The Bertz CT molecular complexity index is 502. The van der Waals surface area contributed by atoms with Gasteiger partial charge in [0.15, 0.2) is 5.78 Å². The Morgan fingerprint density at radius 2 is 1.89 bits per heavy atom. The molecule has 0 bridgehead atoms. The van der Waals surface area contributed by atoms with E-state index < -0.39 is 0 Å². The van der Waals surface area contributed by atoms with Crippen molar-refractivity contribution < 1.29 is 4.79 Å². The normalized spacial score (nSPS) is 22.4. The van der Waals surface area contributed by atoms with Gasteiger partial charge in [0, 0.05) is 5.57 Å². The van der Waals surface area contributed by atoms with Gasteiger partial charge in [0.25, 0.3) is 0 Å². The molecule has 1 aromatic rings. The van der Waals surface area contributed by atoms with Crippen molar-refractivity contribution in [3.63, 3.8) is 0 Å². The quantitative estimate of drug-likeness (QED) is 0.665. The summed E-state index contributed by atoms with van der Waals surface area (Å²) in [5.41, 5.74) is 4.24. The van der Waals surface area contributed by atoms with Gasteiger partial charge in [-0.25, -0.2) is 0 Å². The second-order valence-corrected chi connectivity index (χ2v) is 5.26. The van der Waals surface area contributed by atoms with Crippen LogP contribution in [0.1, 0.15) is 39.2 Å². The molecule has 1 nitrogen and oxygen atoms in total. The van der Waals surface area contributed by atoms with E-state index in [1.165, 1.54) is 0 Å². The highest BCUT2D eigenvalue weighted by Gasteiger charge is 2.26. The van der Waals surface area contributed by atoms with Crippen molar-refractivity contribution in [1.82, 2.24) is 0 Å². The molecule has 18 heavy (non-hydrogen) atoms. The van der Waals surface area contributed by atoms with Crippen LogP contribution in [-0.4, -0.2) is 5.78 Å². The van der Waals surface area contributed by atoms with Gasteiger partial charge in [0.2, 0.25) is 0 Å². The third kappa shape index (κ3) is 2.61. The Morgan fingerprint density at radius 3 is 2.50 bits per heavy atom. The van der Waals surface area contributed by atoms with Crippen LogP contribution in [0.15, 0.2) is 47.1 Å². The second-order valence-electron chi connectivity index (χ2n) is 5.26. The summed E-state index contributed by atoms with van der Waals surface area (Å²) in [4.78, 5) is 12.5. The van der Waals surface area contributed by atoms with Gasteiger partial charge in [-0.1, -0.05) is 42.8 Å². The molecule has 0 spiro atoms. The van der Waals surface area contributed by atoms with Gasteiger partial charge in [-0.3, -0.25) is 4.79 Å². The Hall–Kier alpha value is -1.63. The molecule has 1 aliphatic rings. The van der Waals surface area contributed by atoms with E-state index in [1.54, 1.807) is 0 Å². The van der Waals surface area contributed by atoms with Gasteiger partial charge < -0.3 is 0 Å². The lowest BCUT2D eigenvalue weighted by molar-refractivity contribution is -0.113. The van der Waals surface area contributed by atoms with Crippen molar-refractivity contribution in [2.45, 2.75) is 33.6 Å². The van der Waals surface area contributed by atoms with Crippen molar-refractivity contribution in [2.24, 2.45) is 5.92 Å². The molecule has 0 amide bonds. The van der Waals surface area contributed by atoms with Crippen LogP contribution >= 0.6 is 0 Å². The fourth-order valence-corrected chi connectivity index (χ4v) is 2.44. The number of carbonyl (C=O) groups excluding carboxylic acids is 1. The first-order valence-corrected chi connectivity index (χ1v) is 6.57. The van der Waals surface area contributed by atoms with Gasteiger partial charge in [-0.2, -0.15) is 0 Å². The van der Waals surface area contributed by atoms with Crippen LogP contribution in [0.25, 0.3) is 6.08 Å². The van der Waals surface area contributed by atoms with Crippen LogP contribution in [0.5, 0.6) is 0 Å². The summed E-state index contributed by atoms with van der Waals surface area (Å²) in [7, 11) is 0. The molecule has 94 valence electrons. The molecule has 0 radical (unpaired) electrons. The minimum absolute atomic E-state index is 0.248. The third-order valence-electron chi connectivity index (χ3n) is 3.62. The van der Waals surface area contributed by atoms with Crippen molar-refractivity contribution in [2.75, 3.05) is 0 Å². The molecule has 1 unspecified atom stereocenters. The molecule has 0 aliphatic heterocycles. The number of hydrogen-bond donors (Lipinski definition) is 0. The van der Waals surface area contributed by atoms with Crippen LogP contribution < -0.4 is 0 Å². The van der Waals surface area contributed by atoms with Gasteiger partial charge >= 0.3 is 0 Å². The summed E-state index contributed by atoms with van der Waals surface area (Å²) in [6.07, 6.45) is 4.05. The van der Waals surface area contributed by atoms with E-state index in [1.807, 2.05) is 44.2 Å². The SMILES string of the molecule is CC(C)=C1CCC(C)C(=Cc2ccccc2)C1=O. The van der Waals surface area contributed by atoms with E-state index in [4.69, 9.17) is 0 Å². The maximum absolute atomic E-state index is 12.5. The summed E-state index contributed by atoms with van der Waals surface area (Å²) in [5.74, 6) is 0.610. The first-order valence-electron chi connectivity index (χ1n) is 6.57. The highest BCUT2D eigenvalue weighted by Crippen LogP contribution is 2.32. The number of Topliss-reactive ketones (excluding diaryl/α,β-unsaturated/α-hetero) is 1. The molecule has 1 heteroatoms. The minimum Gasteiger partial charge on any atom is -0.289 e. The maximum atomic E-state index is 12.5. The van der Waals surface area contributed by atoms with Gasteiger partial charge in [0.05, 0.1) is 0 Å². The van der Waals surface area contributed by atoms with Crippen LogP contribution in [-0.2, 0) is 4.79 Å². The molecule has 2 rings (SSSR count). The standard InChI is InChI=1S/C17H20O/c1-12(2)15-10-9-13(3)16(17(15)18)11-14-7-5-4-6-8-14/h4-8,11,13H,9-10H2,1-3H3. The van der Waals surface area contributed by atoms with Crippen molar-refractivity contribution in [1.29, 1.82) is 0 Å². The number of hydrogen-bond acceptors (Lipinski definition) is 1. The van der Waals surface area contributed by atoms with Gasteiger partial charge in [-0.05, 0) is 49.8 Å². The Morgan fingerprint density at radius 1 is 1.22 bits per heavy atom. The first kappa shape index (κ1) is 12.8. The van der Waals surface area contributed by atoms with Crippen LogP contribution in [0.2, 0.25) is 0 Å². The summed E-state index contributed by atoms with van der Waals surface area (Å²) < 4.78 is 0. The average molecular weight is 240 g/mol. The zero-order valence-corrected chi connectivity index (χ0v) is 11.4. The monoisotopic (exact) mass is 240 g/mol. The van der Waals surface area contributed by atoms with Gasteiger partial charge in [-0.15, -0.1) is 0 Å². The molecular weight excluding hydrogens is 220 g/mol. The molecular formula is C17H20O. The predicted molar refractivity (Wildman–Crippen MR) is 76.2 cm³/mol. The molecule has 1 aliphatic carbocycles. The lowest BCUT2D eigenvalue weighted by Crippen LogP contribution is -2.20. The summed E-state index contributed by atoms with van der Waals surface area (Å²) in [6.45, 7) is 6.21. The molecule has 1 saturated carbocycles. The van der Waals surface area contributed by atoms with E-state index in [0.29, 0.717) is 5.92 Å². The zero-order chi connectivity index (χ0) is 13.1. The zero-order valence-electron chi connectivity index (χ0n) is 11.4. The molecule has 0 aromatic heterocycles. The second kappa shape index (κ2) is 5.34. The summed E-state index contributed by atoms with van der Waals surface area (Å²) in [5, 5.41) is 0. The molecule has 1 fully saturated rings. The highest BCUT2D eigenvalue weighted by molar-refractivity contribution is 6.12. The largest absolute Gasteiger partial charge is 0.289 e. The van der Waals surface area contributed by atoms with Gasteiger partial charge in [0.1, 0.15) is 0 Å².